The molecule has 0 bridgehead atoms. The molecule has 1 unspecified atom stereocenters. The van der Waals surface area contributed by atoms with Crippen LogP contribution >= 0.6 is 0 Å². The summed E-state index contributed by atoms with van der Waals surface area (Å²) in [6.45, 7) is 0.573. The van der Waals surface area contributed by atoms with Gasteiger partial charge in [-0.1, -0.05) is 24.3 Å². The number of benzene rings is 2. The number of carbonyl (C=O) groups excluding carboxylic acids is 1. The van der Waals surface area contributed by atoms with Crippen LogP contribution in [0.4, 0.5) is 18.9 Å². The second-order valence-electron chi connectivity index (χ2n) is 6.85. The number of sulfonamides is 1. The van der Waals surface area contributed by atoms with E-state index in [1.54, 1.807) is 31.2 Å². The molecule has 31 heavy (non-hydrogen) atoms. The molecule has 170 valence electrons. The molecule has 1 atom stereocenters. The van der Waals surface area contributed by atoms with Gasteiger partial charge in [-0.3, -0.25) is 9.10 Å². The topological polar surface area (TPSA) is 95.9 Å². The lowest BCUT2D eigenvalue weighted by Crippen LogP contribution is -2.43. The molecule has 2 aromatic carbocycles. The number of carbonyl (C=O) groups is 1. The minimum absolute atomic E-state index is 0.0806. The molecule has 0 aromatic heterocycles. The normalized spacial score (nSPS) is 12.8. The monoisotopic (exact) mass is 460 g/mol. The van der Waals surface area contributed by atoms with Gasteiger partial charge in [-0.25, -0.2) is 8.42 Å². The van der Waals surface area contributed by atoms with Gasteiger partial charge in [-0.05, 0) is 36.8 Å². The SMILES string of the molecule is Cc1ccccc1N(CC(=O)NCC(O)COc1cccc(C(F)(F)F)c1)S(C)(=O)=O. The highest BCUT2D eigenvalue weighted by Gasteiger charge is 2.30. The Labute approximate surface area is 178 Å². The Morgan fingerprint density at radius 2 is 1.87 bits per heavy atom. The van der Waals surface area contributed by atoms with Crippen LogP contribution in [0.2, 0.25) is 0 Å². The van der Waals surface area contributed by atoms with Crippen molar-refractivity contribution in [1.29, 1.82) is 0 Å². The summed E-state index contributed by atoms with van der Waals surface area (Å²) >= 11 is 0. The third-order valence-corrected chi connectivity index (χ3v) is 5.34. The number of aryl methyl sites for hydroxylation is 1. The van der Waals surface area contributed by atoms with E-state index in [4.69, 9.17) is 4.74 Å². The molecule has 0 aliphatic rings. The van der Waals surface area contributed by atoms with E-state index in [1.807, 2.05) is 0 Å². The van der Waals surface area contributed by atoms with Gasteiger partial charge in [0.2, 0.25) is 15.9 Å². The first kappa shape index (κ1) is 24.5. The smallest absolute Gasteiger partial charge is 0.416 e. The highest BCUT2D eigenvalue weighted by atomic mass is 32.2. The van der Waals surface area contributed by atoms with Crippen molar-refractivity contribution < 1.29 is 36.2 Å². The summed E-state index contributed by atoms with van der Waals surface area (Å²) in [5, 5.41) is 12.3. The van der Waals surface area contributed by atoms with E-state index in [-0.39, 0.29) is 18.9 Å². The Morgan fingerprint density at radius 1 is 1.19 bits per heavy atom. The van der Waals surface area contributed by atoms with Crippen molar-refractivity contribution in [3.8, 4) is 5.75 Å². The fraction of sp³-hybridized carbons (Fsp3) is 0.350. The molecule has 2 aromatic rings. The largest absolute Gasteiger partial charge is 0.491 e. The Morgan fingerprint density at radius 3 is 2.48 bits per heavy atom. The first-order chi connectivity index (χ1) is 14.4. The number of amides is 1. The number of hydrogen-bond donors (Lipinski definition) is 2. The van der Waals surface area contributed by atoms with E-state index in [2.05, 4.69) is 5.32 Å². The average molecular weight is 460 g/mol. The molecule has 0 heterocycles. The number of alkyl halides is 3. The van der Waals surface area contributed by atoms with Gasteiger partial charge in [0.15, 0.2) is 0 Å². The van der Waals surface area contributed by atoms with Crippen LogP contribution in [0.3, 0.4) is 0 Å². The maximum Gasteiger partial charge on any atom is 0.416 e. The number of rotatable bonds is 9. The van der Waals surface area contributed by atoms with Gasteiger partial charge >= 0.3 is 6.18 Å². The number of aliphatic hydroxyl groups is 1. The highest BCUT2D eigenvalue weighted by Crippen LogP contribution is 2.31. The molecule has 2 rings (SSSR count). The first-order valence-electron chi connectivity index (χ1n) is 9.16. The summed E-state index contributed by atoms with van der Waals surface area (Å²) < 4.78 is 68.5. The van der Waals surface area contributed by atoms with Gasteiger partial charge < -0.3 is 15.2 Å². The third-order valence-electron chi connectivity index (χ3n) is 4.21. The zero-order valence-electron chi connectivity index (χ0n) is 16.9. The molecule has 11 heteroatoms. The number of nitrogens with zero attached hydrogens (tertiary/aromatic N) is 1. The van der Waals surface area contributed by atoms with Crippen molar-refractivity contribution in [3.63, 3.8) is 0 Å². The number of halogens is 3. The summed E-state index contributed by atoms with van der Waals surface area (Å²) in [5.74, 6) is -0.741. The predicted molar refractivity (Wildman–Crippen MR) is 109 cm³/mol. The average Bonchev–Trinajstić information content (AvgIpc) is 2.68. The Hall–Kier alpha value is -2.79. The van der Waals surface area contributed by atoms with Crippen LogP contribution in [0.1, 0.15) is 11.1 Å². The lowest BCUT2D eigenvalue weighted by Gasteiger charge is -2.24. The molecule has 0 saturated carbocycles. The fourth-order valence-corrected chi connectivity index (χ4v) is 3.57. The molecular formula is C20H23F3N2O5S. The lowest BCUT2D eigenvalue weighted by atomic mass is 10.2. The van der Waals surface area contributed by atoms with Crippen molar-refractivity contribution in [2.45, 2.75) is 19.2 Å². The van der Waals surface area contributed by atoms with Crippen LogP contribution in [0, 0.1) is 6.92 Å². The summed E-state index contributed by atoms with van der Waals surface area (Å²) in [7, 11) is -3.74. The molecular weight excluding hydrogens is 437 g/mol. The van der Waals surface area contributed by atoms with Gasteiger partial charge in [-0.15, -0.1) is 0 Å². The first-order valence-corrected chi connectivity index (χ1v) is 11.0. The molecule has 2 N–H and O–H groups in total. The Kier molecular flexibility index (Phi) is 7.91. The number of nitrogens with one attached hydrogen (secondary N) is 1. The van der Waals surface area contributed by atoms with Crippen LogP contribution in [-0.2, 0) is 21.0 Å². The summed E-state index contributed by atoms with van der Waals surface area (Å²) in [6.07, 6.45) is -4.76. The third kappa shape index (κ3) is 7.44. The number of hydrogen-bond acceptors (Lipinski definition) is 5. The minimum Gasteiger partial charge on any atom is -0.491 e. The molecule has 0 radical (unpaired) electrons. The lowest BCUT2D eigenvalue weighted by molar-refractivity contribution is -0.137. The number of para-hydroxylation sites is 1. The zero-order valence-corrected chi connectivity index (χ0v) is 17.7. The van der Waals surface area contributed by atoms with E-state index in [0.29, 0.717) is 11.3 Å². The molecule has 0 aliphatic carbocycles. The molecule has 1 amide bonds. The molecule has 0 saturated heterocycles. The summed E-state index contributed by atoms with van der Waals surface area (Å²) in [4.78, 5) is 12.2. The van der Waals surface area contributed by atoms with E-state index in [1.165, 1.54) is 12.1 Å². The summed E-state index contributed by atoms with van der Waals surface area (Å²) in [6, 6.07) is 10.8. The van der Waals surface area contributed by atoms with Crippen molar-refractivity contribution in [3.05, 3.63) is 59.7 Å². The van der Waals surface area contributed by atoms with Crippen LogP contribution in [-0.4, -0.2) is 51.5 Å². The Balaban J connectivity index is 1.91. The van der Waals surface area contributed by atoms with Crippen molar-refractivity contribution in [1.82, 2.24) is 5.32 Å². The highest BCUT2D eigenvalue weighted by molar-refractivity contribution is 7.92. The van der Waals surface area contributed by atoms with Crippen molar-refractivity contribution >= 4 is 21.6 Å². The fourth-order valence-electron chi connectivity index (χ4n) is 2.66. The predicted octanol–water partition coefficient (Wildman–Crippen LogP) is 2.34. The summed E-state index contributed by atoms with van der Waals surface area (Å²) in [5.41, 5.74) is 0.133. The molecule has 0 aliphatic heterocycles. The minimum atomic E-state index is -4.52. The van der Waals surface area contributed by atoms with Crippen molar-refractivity contribution in [2.75, 3.05) is 30.3 Å². The molecule has 7 nitrogen and oxygen atoms in total. The maximum atomic E-state index is 12.7. The van der Waals surface area contributed by atoms with E-state index in [0.717, 1.165) is 22.7 Å². The zero-order chi connectivity index (χ0) is 23.2. The molecule has 0 spiro atoms. The van der Waals surface area contributed by atoms with Gasteiger partial charge in [0.25, 0.3) is 0 Å². The Bertz CT molecular complexity index is 1010. The van der Waals surface area contributed by atoms with Gasteiger partial charge in [0.05, 0.1) is 17.5 Å². The van der Waals surface area contributed by atoms with Crippen LogP contribution in [0.15, 0.2) is 48.5 Å². The standard InChI is InChI=1S/C20H23F3N2O5S/c1-14-6-3-4-9-18(14)25(31(2,28)29)12-19(27)24-11-16(26)13-30-17-8-5-7-15(10-17)20(21,22)23/h3-10,16,26H,11-13H2,1-2H3,(H,24,27). The second-order valence-corrected chi connectivity index (χ2v) is 8.76. The van der Waals surface area contributed by atoms with E-state index in [9.17, 15) is 31.5 Å². The number of anilines is 1. The quantitative estimate of drug-likeness (QED) is 0.599. The van der Waals surface area contributed by atoms with Gasteiger partial charge in [-0.2, -0.15) is 13.2 Å². The number of aliphatic hydroxyl groups excluding tert-OH is 1. The maximum absolute atomic E-state index is 12.7. The second kappa shape index (κ2) is 10.0. The van der Waals surface area contributed by atoms with Crippen LogP contribution in [0.5, 0.6) is 5.75 Å². The van der Waals surface area contributed by atoms with Crippen molar-refractivity contribution in [2.24, 2.45) is 0 Å². The van der Waals surface area contributed by atoms with Crippen LogP contribution < -0.4 is 14.4 Å². The number of ether oxygens (including phenoxy) is 1. The van der Waals surface area contributed by atoms with Gasteiger partial charge in [0, 0.05) is 6.54 Å². The van der Waals surface area contributed by atoms with E-state index >= 15 is 0 Å². The van der Waals surface area contributed by atoms with Gasteiger partial charge in [0.1, 0.15) is 25.0 Å². The van der Waals surface area contributed by atoms with Crippen LogP contribution in [0.25, 0.3) is 0 Å². The molecule has 0 fully saturated rings. The van der Waals surface area contributed by atoms with E-state index < -0.39 is 40.3 Å².